The van der Waals surface area contributed by atoms with Gasteiger partial charge >= 0.3 is 0 Å². The van der Waals surface area contributed by atoms with Crippen molar-refractivity contribution in [1.82, 2.24) is 10.3 Å². The molecule has 1 aromatic rings. The minimum absolute atomic E-state index is 0.605. The molecule has 2 nitrogen and oxygen atoms in total. The molecular weight excluding hydrogens is 228 g/mol. The molecule has 0 bridgehead atoms. The van der Waals surface area contributed by atoms with E-state index >= 15 is 0 Å². The summed E-state index contributed by atoms with van der Waals surface area (Å²) in [5.74, 6) is 1.92. The molecule has 1 saturated carbocycles. The van der Waals surface area contributed by atoms with Gasteiger partial charge in [-0.2, -0.15) is 0 Å². The smallest absolute Gasteiger partial charge is 0.115 e. The van der Waals surface area contributed by atoms with E-state index in [1.165, 1.54) is 12.8 Å². The van der Waals surface area contributed by atoms with Gasteiger partial charge in [-0.05, 0) is 37.9 Å². The number of aromatic nitrogens is 1. The SMILES string of the molecule is CNC(CSc1ncccc1Cl)C1CC1. The van der Waals surface area contributed by atoms with Crippen molar-refractivity contribution in [2.45, 2.75) is 23.9 Å². The fraction of sp³-hybridized carbons (Fsp3) is 0.545. The second-order valence-corrected chi connectivity index (χ2v) is 5.25. The zero-order valence-electron chi connectivity index (χ0n) is 8.74. The van der Waals surface area contributed by atoms with Crippen molar-refractivity contribution in [2.75, 3.05) is 12.8 Å². The monoisotopic (exact) mass is 242 g/mol. The summed E-state index contributed by atoms with van der Waals surface area (Å²) in [6, 6.07) is 4.36. The van der Waals surface area contributed by atoms with Gasteiger partial charge in [0, 0.05) is 18.0 Å². The predicted molar refractivity (Wildman–Crippen MR) is 65.5 cm³/mol. The topological polar surface area (TPSA) is 24.9 Å². The van der Waals surface area contributed by atoms with Crippen LogP contribution in [0.4, 0.5) is 0 Å². The van der Waals surface area contributed by atoms with Crippen LogP contribution in [0.25, 0.3) is 0 Å². The van der Waals surface area contributed by atoms with Gasteiger partial charge in [-0.25, -0.2) is 4.98 Å². The molecule has 15 heavy (non-hydrogen) atoms. The molecule has 2 rings (SSSR count). The van der Waals surface area contributed by atoms with Crippen molar-refractivity contribution < 1.29 is 0 Å². The van der Waals surface area contributed by atoms with Gasteiger partial charge in [0.15, 0.2) is 0 Å². The third-order valence-corrected chi connectivity index (χ3v) is 4.23. The molecule has 0 aliphatic heterocycles. The molecule has 1 heterocycles. The third kappa shape index (κ3) is 3.10. The average molecular weight is 243 g/mol. The van der Waals surface area contributed by atoms with Crippen LogP contribution in [0.1, 0.15) is 12.8 Å². The Morgan fingerprint density at radius 1 is 1.67 bits per heavy atom. The number of nitrogens with zero attached hydrogens (tertiary/aromatic N) is 1. The van der Waals surface area contributed by atoms with E-state index in [9.17, 15) is 0 Å². The van der Waals surface area contributed by atoms with E-state index in [4.69, 9.17) is 11.6 Å². The molecule has 0 aromatic carbocycles. The summed E-state index contributed by atoms with van der Waals surface area (Å²) in [6.45, 7) is 0. The first-order chi connectivity index (χ1) is 7.31. The van der Waals surface area contributed by atoms with Crippen LogP contribution >= 0.6 is 23.4 Å². The van der Waals surface area contributed by atoms with Crippen LogP contribution in [0.15, 0.2) is 23.4 Å². The summed E-state index contributed by atoms with van der Waals surface area (Å²) in [4.78, 5) is 4.27. The summed E-state index contributed by atoms with van der Waals surface area (Å²) >= 11 is 7.78. The lowest BCUT2D eigenvalue weighted by Gasteiger charge is -2.14. The lowest BCUT2D eigenvalue weighted by Crippen LogP contribution is -2.29. The molecule has 0 amide bonds. The van der Waals surface area contributed by atoms with Crippen molar-refractivity contribution in [3.05, 3.63) is 23.4 Å². The molecule has 1 aliphatic rings. The van der Waals surface area contributed by atoms with Crippen molar-refractivity contribution in [2.24, 2.45) is 5.92 Å². The van der Waals surface area contributed by atoms with Crippen molar-refractivity contribution in [3.63, 3.8) is 0 Å². The highest BCUT2D eigenvalue weighted by Crippen LogP contribution is 2.35. The summed E-state index contributed by atoms with van der Waals surface area (Å²) in [5, 5.41) is 5.06. The van der Waals surface area contributed by atoms with Crippen LogP contribution in [0.5, 0.6) is 0 Å². The first-order valence-electron chi connectivity index (χ1n) is 5.22. The number of hydrogen-bond donors (Lipinski definition) is 1. The Bertz CT molecular complexity index is 328. The lowest BCUT2D eigenvalue weighted by molar-refractivity contribution is 0.553. The van der Waals surface area contributed by atoms with Gasteiger partial charge in [0.05, 0.1) is 5.02 Å². The van der Waals surface area contributed by atoms with Gasteiger partial charge in [0.1, 0.15) is 5.03 Å². The molecule has 4 heteroatoms. The van der Waals surface area contributed by atoms with Gasteiger partial charge in [0.2, 0.25) is 0 Å². The Kier molecular flexibility index (Phi) is 3.89. The highest BCUT2D eigenvalue weighted by atomic mass is 35.5. The largest absolute Gasteiger partial charge is 0.316 e. The molecule has 0 radical (unpaired) electrons. The Hall–Kier alpha value is -0.250. The number of rotatable bonds is 5. The molecule has 82 valence electrons. The number of hydrogen-bond acceptors (Lipinski definition) is 3. The van der Waals surface area contributed by atoms with E-state index < -0.39 is 0 Å². The Balaban J connectivity index is 1.89. The second kappa shape index (κ2) is 5.19. The van der Waals surface area contributed by atoms with Crippen molar-refractivity contribution in [3.8, 4) is 0 Å². The Labute approximate surface area is 99.8 Å². The van der Waals surface area contributed by atoms with E-state index in [0.717, 1.165) is 21.7 Å². The van der Waals surface area contributed by atoms with E-state index in [2.05, 4.69) is 10.3 Å². The molecule has 0 spiro atoms. The lowest BCUT2D eigenvalue weighted by atomic mass is 10.2. The van der Waals surface area contributed by atoms with E-state index in [1.54, 1.807) is 18.0 Å². The van der Waals surface area contributed by atoms with Gasteiger partial charge in [-0.15, -0.1) is 11.8 Å². The van der Waals surface area contributed by atoms with Gasteiger partial charge in [-0.3, -0.25) is 0 Å². The van der Waals surface area contributed by atoms with E-state index in [0.29, 0.717) is 6.04 Å². The van der Waals surface area contributed by atoms with Gasteiger partial charge in [-0.1, -0.05) is 11.6 Å². The zero-order chi connectivity index (χ0) is 10.7. The maximum absolute atomic E-state index is 6.04. The molecule has 1 unspecified atom stereocenters. The van der Waals surface area contributed by atoms with Crippen molar-refractivity contribution >= 4 is 23.4 Å². The number of pyridine rings is 1. The fourth-order valence-electron chi connectivity index (χ4n) is 1.60. The minimum Gasteiger partial charge on any atom is -0.316 e. The molecule has 1 fully saturated rings. The molecular formula is C11H15ClN2S. The molecule has 1 aliphatic carbocycles. The van der Waals surface area contributed by atoms with Crippen LogP contribution in [0.3, 0.4) is 0 Å². The summed E-state index contributed by atoms with van der Waals surface area (Å²) in [7, 11) is 2.03. The zero-order valence-corrected chi connectivity index (χ0v) is 10.3. The van der Waals surface area contributed by atoms with Crippen LogP contribution in [-0.2, 0) is 0 Å². The van der Waals surface area contributed by atoms with Crippen LogP contribution in [0, 0.1) is 5.92 Å². The normalized spacial score (nSPS) is 17.7. The Morgan fingerprint density at radius 2 is 2.47 bits per heavy atom. The minimum atomic E-state index is 0.605. The first-order valence-corrected chi connectivity index (χ1v) is 6.58. The maximum Gasteiger partial charge on any atom is 0.115 e. The van der Waals surface area contributed by atoms with Gasteiger partial charge < -0.3 is 5.32 Å². The van der Waals surface area contributed by atoms with E-state index in [-0.39, 0.29) is 0 Å². The highest BCUT2D eigenvalue weighted by molar-refractivity contribution is 7.99. The van der Waals surface area contributed by atoms with Gasteiger partial charge in [0.25, 0.3) is 0 Å². The quantitative estimate of drug-likeness (QED) is 0.804. The number of thioether (sulfide) groups is 1. The maximum atomic E-state index is 6.04. The van der Waals surface area contributed by atoms with E-state index in [1.807, 2.05) is 19.2 Å². The fourth-order valence-corrected chi connectivity index (χ4v) is 3.00. The number of halogens is 1. The predicted octanol–water partition coefficient (Wildman–Crippen LogP) is 2.83. The third-order valence-electron chi connectivity index (χ3n) is 2.69. The average Bonchev–Trinajstić information content (AvgIpc) is 3.06. The highest BCUT2D eigenvalue weighted by Gasteiger charge is 2.30. The number of nitrogens with one attached hydrogen (secondary N) is 1. The van der Waals surface area contributed by atoms with Crippen LogP contribution < -0.4 is 5.32 Å². The molecule has 0 saturated heterocycles. The molecule has 1 aromatic heterocycles. The second-order valence-electron chi connectivity index (χ2n) is 3.83. The van der Waals surface area contributed by atoms with Crippen LogP contribution in [0.2, 0.25) is 5.02 Å². The molecule has 1 atom stereocenters. The Morgan fingerprint density at radius 3 is 3.07 bits per heavy atom. The first kappa shape index (κ1) is 11.2. The van der Waals surface area contributed by atoms with Crippen molar-refractivity contribution in [1.29, 1.82) is 0 Å². The summed E-state index contributed by atoms with van der Waals surface area (Å²) in [6.07, 6.45) is 4.52. The standard InChI is InChI=1S/C11H15ClN2S/c1-13-10(8-4-5-8)7-15-11-9(12)3-2-6-14-11/h2-3,6,8,10,13H,4-5,7H2,1H3. The summed E-state index contributed by atoms with van der Waals surface area (Å²) in [5.41, 5.74) is 0. The molecule has 1 N–H and O–H groups in total. The summed E-state index contributed by atoms with van der Waals surface area (Å²) < 4.78 is 0. The van der Waals surface area contributed by atoms with Crippen LogP contribution in [-0.4, -0.2) is 23.8 Å².